The molecule has 0 aliphatic carbocycles. The van der Waals surface area contributed by atoms with Crippen molar-refractivity contribution in [2.45, 2.75) is 12.3 Å². The molecule has 28 heavy (non-hydrogen) atoms. The zero-order chi connectivity index (χ0) is 19.5. The Kier molecular flexibility index (Phi) is 4.89. The van der Waals surface area contributed by atoms with E-state index in [9.17, 15) is 4.79 Å². The van der Waals surface area contributed by atoms with Crippen molar-refractivity contribution >= 4 is 11.6 Å². The number of ether oxygens (including phenoxy) is 3. The molecule has 1 heterocycles. The third-order valence-electron chi connectivity index (χ3n) is 4.82. The van der Waals surface area contributed by atoms with E-state index in [4.69, 9.17) is 14.2 Å². The van der Waals surface area contributed by atoms with Crippen molar-refractivity contribution in [3.8, 4) is 23.0 Å². The number of hydrogen-bond acceptors (Lipinski definition) is 4. The topological polar surface area (TPSA) is 56.8 Å². The van der Waals surface area contributed by atoms with Gasteiger partial charge in [0.2, 0.25) is 5.91 Å². The maximum absolute atomic E-state index is 12.4. The van der Waals surface area contributed by atoms with Crippen molar-refractivity contribution in [2.75, 3.05) is 19.5 Å². The molecular weight excluding hydrogens is 354 g/mol. The molecule has 0 bridgehead atoms. The summed E-state index contributed by atoms with van der Waals surface area (Å²) in [6.45, 7) is 0. The van der Waals surface area contributed by atoms with Crippen LogP contribution in [0.3, 0.4) is 0 Å². The Morgan fingerprint density at radius 1 is 0.857 bits per heavy atom. The summed E-state index contributed by atoms with van der Waals surface area (Å²) in [5, 5.41) is 2.93. The average Bonchev–Trinajstić information content (AvgIpc) is 2.73. The highest BCUT2D eigenvalue weighted by molar-refractivity contribution is 5.96. The van der Waals surface area contributed by atoms with Crippen LogP contribution in [-0.2, 0) is 4.79 Å². The van der Waals surface area contributed by atoms with E-state index in [0.717, 1.165) is 22.6 Å². The molecular formula is C23H21NO4. The number of benzene rings is 3. The van der Waals surface area contributed by atoms with Crippen LogP contribution in [0.5, 0.6) is 23.0 Å². The van der Waals surface area contributed by atoms with Crippen LogP contribution in [0.1, 0.15) is 23.5 Å². The predicted molar refractivity (Wildman–Crippen MR) is 108 cm³/mol. The Morgan fingerprint density at radius 2 is 1.64 bits per heavy atom. The summed E-state index contributed by atoms with van der Waals surface area (Å²) >= 11 is 0. The highest BCUT2D eigenvalue weighted by Crippen LogP contribution is 2.45. The van der Waals surface area contributed by atoms with Gasteiger partial charge in [-0.15, -0.1) is 0 Å². The Balaban J connectivity index is 1.74. The summed E-state index contributed by atoms with van der Waals surface area (Å²) in [7, 11) is 3.21. The molecule has 3 aromatic carbocycles. The van der Waals surface area contributed by atoms with Crippen LogP contribution in [0.2, 0.25) is 0 Å². The van der Waals surface area contributed by atoms with Crippen molar-refractivity contribution in [1.82, 2.24) is 0 Å². The molecule has 0 aromatic heterocycles. The quantitative estimate of drug-likeness (QED) is 0.684. The fraction of sp³-hybridized carbons (Fsp3) is 0.174. The van der Waals surface area contributed by atoms with Crippen molar-refractivity contribution < 1.29 is 19.0 Å². The number of rotatable bonds is 5. The molecule has 142 valence electrons. The molecule has 3 aromatic rings. The van der Waals surface area contributed by atoms with Crippen molar-refractivity contribution in [2.24, 2.45) is 0 Å². The molecule has 0 spiro atoms. The highest BCUT2D eigenvalue weighted by atomic mass is 16.5. The van der Waals surface area contributed by atoms with Gasteiger partial charge in [0.05, 0.1) is 19.9 Å². The second-order valence-electron chi connectivity index (χ2n) is 6.58. The molecule has 1 aliphatic rings. The third kappa shape index (κ3) is 3.51. The number of para-hydroxylation sites is 1. The second kappa shape index (κ2) is 7.64. The molecule has 1 unspecified atom stereocenters. The highest BCUT2D eigenvalue weighted by Gasteiger charge is 2.30. The van der Waals surface area contributed by atoms with Gasteiger partial charge in [0.25, 0.3) is 0 Å². The number of hydrogen-bond donors (Lipinski definition) is 1. The van der Waals surface area contributed by atoms with Gasteiger partial charge < -0.3 is 19.5 Å². The van der Waals surface area contributed by atoms with Crippen LogP contribution in [0.15, 0.2) is 66.7 Å². The fourth-order valence-electron chi connectivity index (χ4n) is 3.54. The Hall–Kier alpha value is -3.47. The summed E-state index contributed by atoms with van der Waals surface area (Å²) in [5.41, 5.74) is 2.65. The van der Waals surface area contributed by atoms with Crippen molar-refractivity contribution in [3.05, 3.63) is 77.9 Å². The fourth-order valence-corrected chi connectivity index (χ4v) is 3.54. The summed E-state index contributed by atoms with van der Waals surface area (Å²) in [6.07, 6.45) is 0.338. The number of fused-ring (bicyclic) bond motifs is 1. The number of carbonyl (C=O) groups is 1. The maximum Gasteiger partial charge on any atom is 0.225 e. The van der Waals surface area contributed by atoms with Gasteiger partial charge in [-0.1, -0.05) is 30.3 Å². The van der Waals surface area contributed by atoms with E-state index < -0.39 is 0 Å². The van der Waals surface area contributed by atoms with Crippen LogP contribution >= 0.6 is 0 Å². The Morgan fingerprint density at radius 3 is 2.39 bits per heavy atom. The molecule has 0 saturated heterocycles. The number of amides is 1. The smallest absolute Gasteiger partial charge is 0.225 e. The minimum Gasteiger partial charge on any atom is -0.497 e. The first kappa shape index (κ1) is 17.9. The standard InChI is InChI=1S/C23H21NO4/c1-26-18-12-20-23(21(13-18)27-2)19(14-22(25)24-20)15-7-6-10-17(11-15)28-16-8-4-3-5-9-16/h3-13,19H,14H2,1-2H3,(H,24,25). The van der Waals surface area contributed by atoms with Crippen LogP contribution in [0, 0.1) is 0 Å². The van der Waals surface area contributed by atoms with Gasteiger partial charge in [0, 0.05) is 30.0 Å². The number of methoxy groups -OCH3 is 2. The lowest BCUT2D eigenvalue weighted by atomic mass is 9.84. The van der Waals surface area contributed by atoms with Gasteiger partial charge in [-0.25, -0.2) is 0 Å². The summed E-state index contributed by atoms with van der Waals surface area (Å²) in [5.74, 6) is 2.64. The van der Waals surface area contributed by atoms with Gasteiger partial charge in [-0.2, -0.15) is 0 Å². The zero-order valence-electron chi connectivity index (χ0n) is 15.8. The predicted octanol–water partition coefficient (Wildman–Crippen LogP) is 4.97. The van der Waals surface area contributed by atoms with E-state index in [-0.39, 0.29) is 11.8 Å². The normalized spacial score (nSPS) is 15.4. The van der Waals surface area contributed by atoms with Crippen LogP contribution in [0.25, 0.3) is 0 Å². The molecule has 0 fully saturated rings. The van der Waals surface area contributed by atoms with Crippen molar-refractivity contribution in [1.29, 1.82) is 0 Å². The molecule has 5 nitrogen and oxygen atoms in total. The molecule has 1 N–H and O–H groups in total. The van der Waals surface area contributed by atoms with E-state index >= 15 is 0 Å². The van der Waals surface area contributed by atoms with Gasteiger partial charge in [-0.05, 0) is 29.8 Å². The van der Waals surface area contributed by atoms with Gasteiger partial charge >= 0.3 is 0 Å². The second-order valence-corrected chi connectivity index (χ2v) is 6.58. The lowest BCUT2D eigenvalue weighted by Crippen LogP contribution is -2.24. The first-order valence-electron chi connectivity index (χ1n) is 9.06. The summed E-state index contributed by atoms with van der Waals surface area (Å²) in [6, 6.07) is 21.1. The molecule has 0 radical (unpaired) electrons. The monoisotopic (exact) mass is 375 g/mol. The van der Waals surface area contributed by atoms with E-state index in [1.807, 2.05) is 66.7 Å². The van der Waals surface area contributed by atoms with E-state index in [1.165, 1.54) is 0 Å². The van der Waals surface area contributed by atoms with Crippen molar-refractivity contribution in [3.63, 3.8) is 0 Å². The van der Waals surface area contributed by atoms with Crippen LogP contribution < -0.4 is 19.5 Å². The molecule has 5 heteroatoms. The minimum absolute atomic E-state index is 0.0396. The SMILES string of the molecule is COc1cc2c(c(OC)c1)C(c1cccc(Oc3ccccc3)c1)CC(=O)N2. The molecule has 1 atom stereocenters. The molecule has 1 amide bonds. The molecule has 1 aliphatic heterocycles. The third-order valence-corrected chi connectivity index (χ3v) is 4.82. The van der Waals surface area contributed by atoms with Crippen LogP contribution in [-0.4, -0.2) is 20.1 Å². The lowest BCUT2D eigenvalue weighted by Gasteiger charge is -2.28. The number of anilines is 1. The Labute approximate surface area is 163 Å². The largest absolute Gasteiger partial charge is 0.497 e. The van der Waals surface area contributed by atoms with Crippen LogP contribution in [0.4, 0.5) is 5.69 Å². The van der Waals surface area contributed by atoms with Gasteiger partial charge in [0.1, 0.15) is 23.0 Å². The zero-order valence-corrected chi connectivity index (χ0v) is 15.8. The summed E-state index contributed by atoms with van der Waals surface area (Å²) in [4.78, 5) is 12.4. The van der Waals surface area contributed by atoms with E-state index in [0.29, 0.717) is 23.6 Å². The van der Waals surface area contributed by atoms with E-state index in [1.54, 1.807) is 14.2 Å². The van der Waals surface area contributed by atoms with Gasteiger partial charge in [-0.3, -0.25) is 4.79 Å². The molecule has 0 saturated carbocycles. The number of carbonyl (C=O) groups excluding carboxylic acids is 1. The first-order valence-corrected chi connectivity index (χ1v) is 9.06. The summed E-state index contributed by atoms with van der Waals surface area (Å²) < 4.78 is 16.9. The first-order chi connectivity index (χ1) is 13.7. The number of nitrogens with one attached hydrogen (secondary N) is 1. The lowest BCUT2D eigenvalue weighted by molar-refractivity contribution is -0.116. The molecule has 4 rings (SSSR count). The van der Waals surface area contributed by atoms with E-state index in [2.05, 4.69) is 5.32 Å². The minimum atomic E-state index is -0.135. The Bertz CT molecular complexity index is 1000. The average molecular weight is 375 g/mol. The maximum atomic E-state index is 12.4. The van der Waals surface area contributed by atoms with Gasteiger partial charge in [0.15, 0.2) is 0 Å².